The molecule has 0 saturated heterocycles. The van der Waals surface area contributed by atoms with E-state index < -0.39 is 23.4 Å². The van der Waals surface area contributed by atoms with Gasteiger partial charge in [-0.05, 0) is 0 Å². The molecule has 0 amide bonds. The molecule has 0 spiro atoms. The van der Waals surface area contributed by atoms with Gasteiger partial charge in [0.1, 0.15) is 11.5 Å². The number of halogens is 4. The van der Waals surface area contributed by atoms with Crippen LogP contribution >= 0.6 is 0 Å². The average molecular weight is 180 g/mol. The minimum absolute atomic E-state index is 0.259. The van der Waals surface area contributed by atoms with Gasteiger partial charge in [-0.15, -0.1) is 0 Å². The van der Waals surface area contributed by atoms with E-state index >= 15 is 0 Å². The molecule has 0 bridgehead atoms. The summed E-state index contributed by atoms with van der Waals surface area (Å²) in [6.45, 7) is 0. The van der Waals surface area contributed by atoms with Crippen LogP contribution in [0.1, 0.15) is 5.69 Å². The van der Waals surface area contributed by atoms with Crippen LogP contribution in [0.25, 0.3) is 0 Å². The van der Waals surface area contributed by atoms with Crippen molar-refractivity contribution < 1.29 is 17.6 Å². The highest BCUT2D eigenvalue weighted by molar-refractivity contribution is 5.37. The molecular formula is C6H4F4N2. The van der Waals surface area contributed by atoms with Gasteiger partial charge < -0.3 is 5.73 Å². The lowest BCUT2D eigenvalue weighted by Crippen LogP contribution is -2.09. The van der Waals surface area contributed by atoms with Crippen LogP contribution in [0.2, 0.25) is 0 Å². The van der Waals surface area contributed by atoms with E-state index in [1.54, 1.807) is 0 Å². The monoisotopic (exact) mass is 180 g/mol. The fraction of sp³-hybridized carbons (Fsp3) is 0.167. The fourth-order valence-electron chi connectivity index (χ4n) is 0.596. The van der Waals surface area contributed by atoms with E-state index in [-0.39, 0.29) is 6.07 Å². The van der Waals surface area contributed by atoms with E-state index in [9.17, 15) is 17.6 Å². The molecule has 0 aliphatic rings. The van der Waals surface area contributed by atoms with Crippen molar-refractivity contribution in [3.63, 3.8) is 0 Å². The number of pyridine rings is 1. The first kappa shape index (κ1) is 8.76. The van der Waals surface area contributed by atoms with Crippen LogP contribution in [0.15, 0.2) is 12.3 Å². The molecule has 0 aliphatic carbocycles. The third-order valence-electron chi connectivity index (χ3n) is 1.17. The van der Waals surface area contributed by atoms with E-state index in [1.165, 1.54) is 0 Å². The Morgan fingerprint density at radius 2 is 1.92 bits per heavy atom. The predicted molar refractivity (Wildman–Crippen MR) is 33.6 cm³/mol. The number of nitrogens with two attached hydrogens (primary N) is 1. The van der Waals surface area contributed by atoms with E-state index in [1.807, 2.05) is 0 Å². The Morgan fingerprint density at radius 1 is 1.33 bits per heavy atom. The maximum absolute atomic E-state index is 12.4. The van der Waals surface area contributed by atoms with Gasteiger partial charge in [-0.2, -0.15) is 13.2 Å². The number of nitrogens with zero attached hydrogens (tertiary/aromatic N) is 1. The summed E-state index contributed by atoms with van der Waals surface area (Å²) in [5.41, 5.74) is 3.24. The molecule has 2 N–H and O–H groups in total. The molecule has 1 aromatic rings. The van der Waals surface area contributed by atoms with Gasteiger partial charge in [0.25, 0.3) is 0 Å². The second kappa shape index (κ2) is 2.62. The standard InChI is InChI=1S/C6H4F4N2/c7-3-1-5(6(8,9)10)12-2-4(3)11/h1-2H,11H2. The molecule has 0 radical (unpaired) electrons. The number of alkyl halides is 3. The zero-order chi connectivity index (χ0) is 9.35. The Balaban J connectivity index is 3.14. The van der Waals surface area contributed by atoms with Crippen LogP contribution < -0.4 is 5.73 Å². The average Bonchev–Trinajstić information content (AvgIpc) is 1.92. The molecule has 0 saturated carbocycles. The Morgan fingerprint density at radius 3 is 2.33 bits per heavy atom. The van der Waals surface area contributed by atoms with Crippen molar-refractivity contribution in [2.45, 2.75) is 6.18 Å². The topological polar surface area (TPSA) is 38.9 Å². The SMILES string of the molecule is Nc1cnc(C(F)(F)F)cc1F. The molecule has 1 rings (SSSR count). The van der Waals surface area contributed by atoms with Crippen LogP contribution in [-0.2, 0) is 6.18 Å². The minimum Gasteiger partial charge on any atom is -0.395 e. The summed E-state index contributed by atoms with van der Waals surface area (Å²) in [5, 5.41) is 0. The third kappa shape index (κ3) is 1.63. The van der Waals surface area contributed by atoms with E-state index in [0.29, 0.717) is 6.20 Å². The number of anilines is 1. The molecule has 0 fully saturated rings. The molecule has 0 atom stereocenters. The van der Waals surface area contributed by atoms with Crippen molar-refractivity contribution in [1.29, 1.82) is 0 Å². The van der Waals surface area contributed by atoms with Crippen molar-refractivity contribution in [3.05, 3.63) is 23.8 Å². The van der Waals surface area contributed by atoms with Gasteiger partial charge in [-0.1, -0.05) is 0 Å². The number of hydrogen-bond donors (Lipinski definition) is 1. The highest BCUT2D eigenvalue weighted by Crippen LogP contribution is 2.28. The summed E-state index contributed by atoms with van der Waals surface area (Å²) in [7, 11) is 0. The second-order valence-electron chi connectivity index (χ2n) is 2.09. The Bertz CT molecular complexity index is 294. The predicted octanol–water partition coefficient (Wildman–Crippen LogP) is 1.82. The number of aromatic nitrogens is 1. The quantitative estimate of drug-likeness (QED) is 0.618. The second-order valence-corrected chi connectivity index (χ2v) is 2.09. The number of rotatable bonds is 0. The molecule has 1 heterocycles. The van der Waals surface area contributed by atoms with Gasteiger partial charge in [-0.25, -0.2) is 9.37 Å². The third-order valence-corrected chi connectivity index (χ3v) is 1.17. The molecular weight excluding hydrogens is 176 g/mol. The summed E-state index contributed by atoms with van der Waals surface area (Å²) >= 11 is 0. The van der Waals surface area contributed by atoms with Crippen molar-refractivity contribution in [3.8, 4) is 0 Å². The van der Waals surface area contributed by atoms with Gasteiger partial charge in [0.2, 0.25) is 0 Å². The molecule has 0 unspecified atom stereocenters. The van der Waals surface area contributed by atoms with Gasteiger partial charge in [0, 0.05) is 6.07 Å². The number of nitrogen functional groups attached to an aromatic ring is 1. The summed E-state index contributed by atoms with van der Waals surface area (Å²) in [4.78, 5) is 2.92. The van der Waals surface area contributed by atoms with Crippen molar-refractivity contribution in [2.75, 3.05) is 5.73 Å². The lowest BCUT2D eigenvalue weighted by atomic mass is 10.3. The molecule has 66 valence electrons. The lowest BCUT2D eigenvalue weighted by molar-refractivity contribution is -0.141. The summed E-state index contributed by atoms with van der Waals surface area (Å²) in [6, 6.07) is 0.259. The van der Waals surface area contributed by atoms with Crippen LogP contribution in [-0.4, -0.2) is 4.98 Å². The van der Waals surface area contributed by atoms with E-state index in [2.05, 4.69) is 4.98 Å². The van der Waals surface area contributed by atoms with Crippen molar-refractivity contribution in [1.82, 2.24) is 4.98 Å². The summed E-state index contributed by atoms with van der Waals surface area (Å²) in [5.74, 6) is -1.11. The molecule has 2 nitrogen and oxygen atoms in total. The fourth-order valence-corrected chi connectivity index (χ4v) is 0.596. The van der Waals surface area contributed by atoms with Gasteiger partial charge in [-0.3, -0.25) is 0 Å². The van der Waals surface area contributed by atoms with Crippen LogP contribution in [0.3, 0.4) is 0 Å². The van der Waals surface area contributed by atoms with Gasteiger partial charge in [0.05, 0.1) is 11.9 Å². The minimum atomic E-state index is -4.63. The lowest BCUT2D eigenvalue weighted by Gasteiger charge is -2.05. The van der Waals surface area contributed by atoms with Crippen molar-refractivity contribution in [2.24, 2.45) is 0 Å². The van der Waals surface area contributed by atoms with Crippen LogP contribution in [0, 0.1) is 5.82 Å². The maximum atomic E-state index is 12.4. The Labute approximate surface area is 65.0 Å². The van der Waals surface area contributed by atoms with Crippen molar-refractivity contribution >= 4 is 5.69 Å². The first-order chi connectivity index (χ1) is 5.41. The number of hydrogen-bond acceptors (Lipinski definition) is 2. The first-order valence-electron chi connectivity index (χ1n) is 2.89. The first-order valence-corrected chi connectivity index (χ1v) is 2.89. The van der Waals surface area contributed by atoms with Gasteiger partial charge in [0.15, 0.2) is 0 Å². The smallest absolute Gasteiger partial charge is 0.395 e. The molecule has 1 aromatic heterocycles. The highest BCUT2D eigenvalue weighted by Gasteiger charge is 2.32. The molecule has 0 aliphatic heterocycles. The van der Waals surface area contributed by atoms with Crippen LogP contribution in [0.5, 0.6) is 0 Å². The normalized spacial score (nSPS) is 11.7. The summed E-state index contributed by atoms with van der Waals surface area (Å²) < 4.78 is 47.9. The summed E-state index contributed by atoms with van der Waals surface area (Å²) in [6.07, 6.45) is -3.99. The Hall–Kier alpha value is -1.33. The molecule has 0 aromatic carbocycles. The largest absolute Gasteiger partial charge is 0.433 e. The maximum Gasteiger partial charge on any atom is 0.433 e. The van der Waals surface area contributed by atoms with Gasteiger partial charge >= 0.3 is 6.18 Å². The zero-order valence-electron chi connectivity index (χ0n) is 5.69. The molecule has 6 heteroatoms. The van der Waals surface area contributed by atoms with Crippen LogP contribution in [0.4, 0.5) is 23.2 Å². The highest BCUT2D eigenvalue weighted by atomic mass is 19.4. The molecule has 12 heavy (non-hydrogen) atoms. The van der Waals surface area contributed by atoms with E-state index in [4.69, 9.17) is 5.73 Å². The van der Waals surface area contributed by atoms with E-state index in [0.717, 1.165) is 0 Å². The Kier molecular flexibility index (Phi) is 1.91. The zero-order valence-corrected chi connectivity index (χ0v) is 5.69.